The van der Waals surface area contributed by atoms with E-state index in [9.17, 15) is 0 Å². The van der Waals surface area contributed by atoms with Crippen molar-refractivity contribution in [1.29, 1.82) is 0 Å². The van der Waals surface area contributed by atoms with Crippen LogP contribution in [0.3, 0.4) is 0 Å². The molecule has 0 spiro atoms. The summed E-state index contributed by atoms with van der Waals surface area (Å²) in [6.45, 7) is 10.9. The van der Waals surface area contributed by atoms with Gasteiger partial charge in [-0.25, -0.2) is 0 Å². The monoisotopic (exact) mass is 220 g/mol. The molecule has 82 valence electrons. The largest absolute Gasteiger partial charge is 0.145 e. The van der Waals surface area contributed by atoms with Crippen LogP contribution >= 0.6 is 11.3 Å². The maximum Gasteiger partial charge on any atom is 0.00981 e. The van der Waals surface area contributed by atoms with Gasteiger partial charge in [-0.1, -0.05) is 25.2 Å². The highest BCUT2D eigenvalue weighted by molar-refractivity contribution is 7.12. The van der Waals surface area contributed by atoms with E-state index in [2.05, 4.69) is 52.8 Å². The first kappa shape index (κ1) is 12.3. The molecule has 0 aromatic carbocycles. The third-order valence-corrected chi connectivity index (χ3v) is 3.58. The van der Waals surface area contributed by atoms with E-state index >= 15 is 0 Å². The fraction of sp³-hybridized carbons (Fsp3) is 0.429. The molecule has 0 amide bonds. The summed E-state index contributed by atoms with van der Waals surface area (Å²) in [5, 5.41) is 0. The number of allylic oxidation sites excluding steroid dienone is 3. The zero-order chi connectivity index (χ0) is 11.4. The normalized spacial score (nSPS) is 12.7. The van der Waals surface area contributed by atoms with Gasteiger partial charge in [0.1, 0.15) is 0 Å². The minimum absolute atomic E-state index is 1.11. The first-order valence-electron chi connectivity index (χ1n) is 5.51. The summed E-state index contributed by atoms with van der Waals surface area (Å²) in [5.41, 5.74) is 4.26. The molecular formula is C14H20S. The molecule has 0 bridgehead atoms. The summed E-state index contributed by atoms with van der Waals surface area (Å²) in [6, 6.07) is 0. The Morgan fingerprint density at radius 2 is 1.93 bits per heavy atom. The van der Waals surface area contributed by atoms with Gasteiger partial charge in [-0.2, -0.15) is 0 Å². The minimum atomic E-state index is 1.11. The van der Waals surface area contributed by atoms with Gasteiger partial charge in [-0.15, -0.1) is 11.3 Å². The highest BCUT2D eigenvalue weighted by atomic mass is 32.1. The third-order valence-electron chi connectivity index (χ3n) is 2.54. The van der Waals surface area contributed by atoms with Gasteiger partial charge in [-0.05, 0) is 50.8 Å². The van der Waals surface area contributed by atoms with E-state index in [-0.39, 0.29) is 0 Å². The Balaban J connectivity index is 3.32. The smallest absolute Gasteiger partial charge is 0.00981 e. The molecule has 0 atom stereocenters. The maximum atomic E-state index is 2.31. The average molecular weight is 220 g/mol. The Bertz CT molecular complexity index is 392. The van der Waals surface area contributed by atoms with Gasteiger partial charge in [0.2, 0.25) is 0 Å². The van der Waals surface area contributed by atoms with E-state index in [1.807, 2.05) is 11.3 Å². The second kappa shape index (κ2) is 5.32. The van der Waals surface area contributed by atoms with Crippen LogP contribution < -0.4 is 0 Å². The topological polar surface area (TPSA) is 0 Å². The zero-order valence-electron chi connectivity index (χ0n) is 10.3. The van der Waals surface area contributed by atoms with Crippen molar-refractivity contribution in [3.63, 3.8) is 0 Å². The average Bonchev–Trinajstić information content (AvgIpc) is 2.43. The molecule has 0 radical (unpaired) electrons. The first-order chi connectivity index (χ1) is 7.11. The molecule has 0 aliphatic carbocycles. The summed E-state index contributed by atoms with van der Waals surface area (Å²) in [7, 11) is 0. The van der Waals surface area contributed by atoms with Gasteiger partial charge < -0.3 is 0 Å². The van der Waals surface area contributed by atoms with Crippen molar-refractivity contribution >= 4 is 23.0 Å². The first-order valence-corrected chi connectivity index (χ1v) is 6.33. The number of aryl methyl sites for hydroxylation is 2. The van der Waals surface area contributed by atoms with Crippen molar-refractivity contribution in [3.05, 3.63) is 33.0 Å². The van der Waals surface area contributed by atoms with E-state index in [0.717, 1.165) is 6.42 Å². The van der Waals surface area contributed by atoms with E-state index in [1.165, 1.54) is 26.5 Å². The highest BCUT2D eigenvalue weighted by Crippen LogP contribution is 2.33. The van der Waals surface area contributed by atoms with Gasteiger partial charge in [-0.3, -0.25) is 0 Å². The Morgan fingerprint density at radius 3 is 2.47 bits per heavy atom. The van der Waals surface area contributed by atoms with Crippen LogP contribution in [0.1, 0.15) is 48.1 Å². The predicted molar refractivity (Wildman–Crippen MR) is 72.4 cm³/mol. The van der Waals surface area contributed by atoms with Crippen molar-refractivity contribution in [3.8, 4) is 0 Å². The molecule has 1 heterocycles. The Labute approximate surface area is 97.3 Å². The minimum Gasteiger partial charge on any atom is -0.145 e. The van der Waals surface area contributed by atoms with E-state index in [0.29, 0.717) is 0 Å². The Kier molecular flexibility index (Phi) is 4.34. The van der Waals surface area contributed by atoms with Crippen molar-refractivity contribution in [1.82, 2.24) is 0 Å². The van der Waals surface area contributed by atoms with Crippen LogP contribution in [0.15, 0.2) is 12.2 Å². The lowest BCUT2D eigenvalue weighted by atomic mass is 10.0. The van der Waals surface area contributed by atoms with Gasteiger partial charge in [0.15, 0.2) is 0 Å². The van der Waals surface area contributed by atoms with Crippen LogP contribution in [-0.4, -0.2) is 0 Å². The SMILES string of the molecule is C/C=C\c1c(C)sc(C)c1/C(C)=C\CC. The molecule has 1 aromatic rings. The molecular weight excluding hydrogens is 200 g/mol. The zero-order valence-corrected chi connectivity index (χ0v) is 11.2. The summed E-state index contributed by atoms with van der Waals surface area (Å²) in [6.07, 6.45) is 7.76. The van der Waals surface area contributed by atoms with Gasteiger partial charge in [0.25, 0.3) is 0 Å². The van der Waals surface area contributed by atoms with Crippen molar-refractivity contribution < 1.29 is 0 Å². The predicted octanol–water partition coefficient (Wildman–Crippen LogP) is 5.21. The molecule has 1 aromatic heterocycles. The highest BCUT2D eigenvalue weighted by Gasteiger charge is 2.11. The Hall–Kier alpha value is -0.820. The summed E-state index contributed by atoms with van der Waals surface area (Å²) in [5.74, 6) is 0. The van der Waals surface area contributed by atoms with Gasteiger partial charge in [0, 0.05) is 9.75 Å². The van der Waals surface area contributed by atoms with E-state index in [1.54, 1.807) is 0 Å². The molecule has 0 N–H and O–H groups in total. The molecule has 0 saturated carbocycles. The Morgan fingerprint density at radius 1 is 1.27 bits per heavy atom. The lowest BCUT2D eigenvalue weighted by molar-refractivity contribution is 1.22. The van der Waals surface area contributed by atoms with Crippen molar-refractivity contribution in [2.75, 3.05) is 0 Å². The second-order valence-corrected chi connectivity index (χ2v) is 5.23. The third kappa shape index (κ3) is 2.60. The summed E-state index contributed by atoms with van der Waals surface area (Å²) < 4.78 is 0. The lowest BCUT2D eigenvalue weighted by Crippen LogP contribution is -1.84. The van der Waals surface area contributed by atoms with Crippen molar-refractivity contribution in [2.24, 2.45) is 0 Å². The van der Waals surface area contributed by atoms with E-state index < -0.39 is 0 Å². The number of thiophene rings is 1. The molecule has 15 heavy (non-hydrogen) atoms. The van der Waals surface area contributed by atoms with Crippen LogP contribution in [0, 0.1) is 13.8 Å². The van der Waals surface area contributed by atoms with Crippen LogP contribution in [0.2, 0.25) is 0 Å². The molecule has 0 saturated heterocycles. The fourth-order valence-corrected chi connectivity index (χ4v) is 3.08. The fourth-order valence-electron chi connectivity index (χ4n) is 1.97. The molecule has 0 nitrogen and oxygen atoms in total. The molecule has 0 aliphatic rings. The van der Waals surface area contributed by atoms with Gasteiger partial charge >= 0.3 is 0 Å². The summed E-state index contributed by atoms with van der Waals surface area (Å²) in [4.78, 5) is 2.85. The molecule has 0 unspecified atom stereocenters. The summed E-state index contributed by atoms with van der Waals surface area (Å²) >= 11 is 1.90. The van der Waals surface area contributed by atoms with Crippen LogP contribution in [0.25, 0.3) is 11.6 Å². The van der Waals surface area contributed by atoms with Gasteiger partial charge in [0.05, 0.1) is 0 Å². The maximum absolute atomic E-state index is 2.31. The molecule has 0 fully saturated rings. The molecule has 0 aliphatic heterocycles. The lowest BCUT2D eigenvalue weighted by Gasteiger charge is -2.03. The molecule has 1 heteroatoms. The van der Waals surface area contributed by atoms with E-state index in [4.69, 9.17) is 0 Å². The second-order valence-electron chi connectivity index (χ2n) is 3.80. The van der Waals surface area contributed by atoms with Crippen LogP contribution in [0.5, 0.6) is 0 Å². The number of hydrogen-bond acceptors (Lipinski definition) is 1. The van der Waals surface area contributed by atoms with Crippen LogP contribution in [0.4, 0.5) is 0 Å². The quantitative estimate of drug-likeness (QED) is 0.656. The molecule has 1 rings (SSSR count). The van der Waals surface area contributed by atoms with Crippen molar-refractivity contribution in [2.45, 2.75) is 41.0 Å². The number of hydrogen-bond donors (Lipinski definition) is 0. The standard InChI is InChI=1S/C14H20S/c1-6-8-10(3)14-12(5)15-11(4)13(14)9-7-2/h7-9H,6H2,1-5H3/b9-7-,10-8-. The van der Waals surface area contributed by atoms with Crippen LogP contribution in [-0.2, 0) is 0 Å². The number of rotatable bonds is 3.